The molecule has 1 aliphatic rings. The summed E-state index contributed by atoms with van der Waals surface area (Å²) in [5, 5.41) is 4.34. The quantitative estimate of drug-likeness (QED) is 0.935. The van der Waals surface area contributed by atoms with Gasteiger partial charge in [-0.15, -0.1) is 11.3 Å². The highest BCUT2D eigenvalue weighted by atomic mass is 32.1. The van der Waals surface area contributed by atoms with Crippen molar-refractivity contribution in [3.63, 3.8) is 0 Å². The third-order valence-corrected chi connectivity index (χ3v) is 4.45. The summed E-state index contributed by atoms with van der Waals surface area (Å²) in [6.45, 7) is 2.79. The molecule has 0 spiro atoms. The largest absolute Gasteiger partial charge is 0.378 e. The van der Waals surface area contributed by atoms with Gasteiger partial charge in [0.25, 0.3) is 0 Å². The molecule has 1 N–H and O–H groups in total. The van der Waals surface area contributed by atoms with Crippen molar-refractivity contribution in [3.8, 4) is 0 Å². The first-order valence-electron chi connectivity index (χ1n) is 6.68. The Morgan fingerprint density at radius 2 is 2.21 bits per heavy atom. The van der Waals surface area contributed by atoms with Crippen molar-refractivity contribution < 1.29 is 9.13 Å². The Kier molecular flexibility index (Phi) is 4.06. The lowest BCUT2D eigenvalue weighted by molar-refractivity contribution is 0.0349. The number of halogens is 1. The van der Waals surface area contributed by atoms with Gasteiger partial charge in [-0.05, 0) is 38.1 Å². The summed E-state index contributed by atoms with van der Waals surface area (Å²) >= 11 is 1.62. The average Bonchev–Trinajstić information content (AvgIpc) is 2.82. The summed E-state index contributed by atoms with van der Waals surface area (Å²) in [4.78, 5) is 4.44. The van der Waals surface area contributed by atoms with E-state index in [1.54, 1.807) is 17.4 Å². The Morgan fingerprint density at radius 1 is 1.37 bits per heavy atom. The molecule has 0 unspecified atom stereocenters. The Morgan fingerprint density at radius 3 is 3.05 bits per heavy atom. The van der Waals surface area contributed by atoms with Crippen LogP contribution in [0.25, 0.3) is 10.2 Å². The van der Waals surface area contributed by atoms with Gasteiger partial charge in [0, 0.05) is 12.5 Å². The highest BCUT2D eigenvalue weighted by Gasteiger charge is 2.13. The Labute approximate surface area is 115 Å². The lowest BCUT2D eigenvalue weighted by Gasteiger charge is -2.22. The predicted octanol–water partition coefficient (Wildman–Crippen LogP) is 2.75. The number of thiazole rings is 1. The standard InChI is InChI=1S/C14H17FN2OS/c15-10-1-2-13-12(9-10)17-14(19-13)5-8-18-11-3-6-16-7-4-11/h1-2,9,11,16H,3-8H2. The number of nitrogens with one attached hydrogen (secondary N) is 1. The molecule has 19 heavy (non-hydrogen) atoms. The molecule has 3 nitrogen and oxygen atoms in total. The first kappa shape index (κ1) is 13.0. The van der Waals surface area contributed by atoms with Crippen LogP contribution in [0.3, 0.4) is 0 Å². The van der Waals surface area contributed by atoms with E-state index in [0.717, 1.165) is 47.6 Å². The van der Waals surface area contributed by atoms with Crippen molar-refractivity contribution in [3.05, 3.63) is 29.0 Å². The van der Waals surface area contributed by atoms with Gasteiger partial charge in [0.2, 0.25) is 0 Å². The molecule has 0 amide bonds. The van der Waals surface area contributed by atoms with Crippen molar-refractivity contribution in [2.75, 3.05) is 19.7 Å². The van der Waals surface area contributed by atoms with Gasteiger partial charge in [0.1, 0.15) is 5.82 Å². The van der Waals surface area contributed by atoms with Crippen LogP contribution in [0, 0.1) is 5.82 Å². The molecule has 1 aromatic heterocycles. The molecule has 0 bridgehead atoms. The fraction of sp³-hybridized carbons (Fsp3) is 0.500. The van der Waals surface area contributed by atoms with Crippen LogP contribution in [-0.4, -0.2) is 30.8 Å². The molecular formula is C14H17FN2OS. The van der Waals surface area contributed by atoms with Crippen LogP contribution >= 0.6 is 11.3 Å². The molecule has 5 heteroatoms. The van der Waals surface area contributed by atoms with E-state index in [2.05, 4.69) is 10.3 Å². The minimum Gasteiger partial charge on any atom is -0.378 e. The first-order valence-corrected chi connectivity index (χ1v) is 7.50. The van der Waals surface area contributed by atoms with Crippen LogP contribution in [0.15, 0.2) is 18.2 Å². The van der Waals surface area contributed by atoms with Crippen molar-refractivity contribution >= 4 is 21.6 Å². The molecule has 0 aliphatic carbocycles. The second-order valence-corrected chi connectivity index (χ2v) is 5.91. The fourth-order valence-electron chi connectivity index (χ4n) is 2.33. The second kappa shape index (κ2) is 5.94. The first-order chi connectivity index (χ1) is 9.31. The summed E-state index contributed by atoms with van der Waals surface area (Å²) in [5.41, 5.74) is 0.752. The fourth-order valence-corrected chi connectivity index (χ4v) is 3.26. The monoisotopic (exact) mass is 280 g/mol. The zero-order valence-electron chi connectivity index (χ0n) is 10.7. The third-order valence-electron chi connectivity index (χ3n) is 3.35. The molecule has 2 aromatic rings. The summed E-state index contributed by atoms with van der Waals surface area (Å²) in [5.74, 6) is -0.227. The third kappa shape index (κ3) is 3.29. The van der Waals surface area contributed by atoms with E-state index in [-0.39, 0.29) is 5.82 Å². The maximum atomic E-state index is 13.1. The number of ether oxygens (including phenoxy) is 1. The smallest absolute Gasteiger partial charge is 0.125 e. The van der Waals surface area contributed by atoms with Gasteiger partial charge in [-0.3, -0.25) is 0 Å². The Bertz CT molecular complexity index is 551. The van der Waals surface area contributed by atoms with Crippen LogP contribution in [-0.2, 0) is 11.2 Å². The van der Waals surface area contributed by atoms with Crippen molar-refractivity contribution in [1.29, 1.82) is 0 Å². The zero-order chi connectivity index (χ0) is 13.1. The van der Waals surface area contributed by atoms with Crippen molar-refractivity contribution in [1.82, 2.24) is 10.3 Å². The van der Waals surface area contributed by atoms with Gasteiger partial charge in [-0.1, -0.05) is 0 Å². The van der Waals surface area contributed by atoms with E-state index >= 15 is 0 Å². The van der Waals surface area contributed by atoms with Gasteiger partial charge in [-0.25, -0.2) is 9.37 Å². The molecule has 2 heterocycles. The van der Waals surface area contributed by atoms with E-state index in [9.17, 15) is 4.39 Å². The molecule has 1 saturated heterocycles. The maximum Gasteiger partial charge on any atom is 0.125 e. The highest BCUT2D eigenvalue weighted by Crippen LogP contribution is 2.23. The average molecular weight is 280 g/mol. The van der Waals surface area contributed by atoms with Gasteiger partial charge in [0.15, 0.2) is 0 Å². The highest BCUT2D eigenvalue weighted by molar-refractivity contribution is 7.18. The predicted molar refractivity (Wildman–Crippen MR) is 75.1 cm³/mol. The second-order valence-electron chi connectivity index (χ2n) is 4.79. The molecule has 0 atom stereocenters. The van der Waals surface area contributed by atoms with Crippen molar-refractivity contribution in [2.24, 2.45) is 0 Å². The molecule has 1 aliphatic heterocycles. The molecule has 0 saturated carbocycles. The van der Waals surface area contributed by atoms with Gasteiger partial charge >= 0.3 is 0 Å². The normalized spacial score (nSPS) is 17.1. The van der Waals surface area contributed by atoms with Crippen LogP contribution in [0.4, 0.5) is 4.39 Å². The number of fused-ring (bicyclic) bond motifs is 1. The SMILES string of the molecule is Fc1ccc2sc(CCOC3CCNCC3)nc2c1. The summed E-state index contributed by atoms with van der Waals surface area (Å²) < 4.78 is 20.0. The van der Waals surface area contributed by atoms with E-state index in [1.165, 1.54) is 12.1 Å². The van der Waals surface area contributed by atoms with Crippen LogP contribution in [0.1, 0.15) is 17.8 Å². The van der Waals surface area contributed by atoms with Crippen molar-refractivity contribution in [2.45, 2.75) is 25.4 Å². The van der Waals surface area contributed by atoms with E-state index in [0.29, 0.717) is 12.7 Å². The molecule has 3 rings (SSSR count). The number of hydrogen-bond acceptors (Lipinski definition) is 4. The summed E-state index contributed by atoms with van der Waals surface area (Å²) in [7, 11) is 0. The van der Waals surface area contributed by atoms with Crippen LogP contribution < -0.4 is 5.32 Å². The minimum atomic E-state index is -0.227. The molecule has 1 aromatic carbocycles. The van der Waals surface area contributed by atoms with E-state index in [4.69, 9.17) is 4.74 Å². The Hall–Kier alpha value is -1.04. The molecular weight excluding hydrogens is 263 g/mol. The van der Waals surface area contributed by atoms with Crippen LogP contribution in [0.5, 0.6) is 0 Å². The van der Waals surface area contributed by atoms with Gasteiger partial charge in [0.05, 0.1) is 27.9 Å². The molecule has 0 radical (unpaired) electrons. The summed E-state index contributed by atoms with van der Waals surface area (Å²) in [6.07, 6.45) is 3.37. The number of piperidine rings is 1. The number of nitrogens with zero attached hydrogens (tertiary/aromatic N) is 1. The maximum absolute atomic E-state index is 13.1. The Balaban J connectivity index is 1.56. The lowest BCUT2D eigenvalue weighted by atomic mass is 10.1. The summed E-state index contributed by atoms with van der Waals surface area (Å²) in [6, 6.07) is 4.76. The van der Waals surface area contributed by atoms with E-state index in [1.807, 2.05) is 0 Å². The topological polar surface area (TPSA) is 34.1 Å². The van der Waals surface area contributed by atoms with Gasteiger partial charge < -0.3 is 10.1 Å². The number of rotatable bonds is 4. The molecule has 1 fully saturated rings. The number of hydrogen-bond donors (Lipinski definition) is 1. The number of benzene rings is 1. The zero-order valence-corrected chi connectivity index (χ0v) is 11.5. The molecule has 102 valence electrons. The number of aromatic nitrogens is 1. The van der Waals surface area contributed by atoms with Gasteiger partial charge in [-0.2, -0.15) is 0 Å². The minimum absolute atomic E-state index is 0.227. The van der Waals surface area contributed by atoms with E-state index < -0.39 is 0 Å². The lowest BCUT2D eigenvalue weighted by Crippen LogP contribution is -2.32. The van der Waals surface area contributed by atoms with Crippen LogP contribution in [0.2, 0.25) is 0 Å².